The Morgan fingerprint density at radius 3 is 0.750 bits per heavy atom. The van der Waals surface area contributed by atoms with Crippen molar-refractivity contribution in [1.29, 1.82) is 0 Å². The van der Waals surface area contributed by atoms with Gasteiger partial charge in [-0.15, -0.1) is 23.2 Å². The molecule has 0 aliphatic heterocycles. The molecule has 0 aliphatic rings. The predicted octanol–water partition coefficient (Wildman–Crippen LogP) is 2.15. The molecule has 0 spiro atoms. The number of carboxylic acid groups (broad SMARTS) is 4. The highest BCUT2D eigenvalue weighted by Crippen LogP contribution is 1.43. The molecule has 0 aromatic rings. The number of carbonyl (C=O) groups is 2. The fourth-order valence-electron chi connectivity index (χ4n) is 0. The summed E-state index contributed by atoms with van der Waals surface area (Å²) >= 11 is 9.28. The molecule has 0 aromatic heterocycles. The molecule has 0 radical (unpaired) electrons. The van der Waals surface area contributed by atoms with Crippen LogP contribution >= 0.6 is 23.2 Å². The van der Waals surface area contributed by atoms with Gasteiger partial charge >= 0.3 is 12.3 Å². The lowest BCUT2D eigenvalue weighted by molar-refractivity contribution is 0.135. The zero-order valence-corrected chi connectivity index (χ0v) is 7.87. The van der Waals surface area contributed by atoms with Crippen LogP contribution in [0.25, 0.3) is 0 Å². The lowest BCUT2D eigenvalue weighted by Crippen LogP contribution is -1.81. The van der Waals surface area contributed by atoms with Gasteiger partial charge in [-0.2, -0.15) is 0 Å². The topological polar surface area (TPSA) is 115 Å². The zero-order chi connectivity index (χ0) is 11.2. The van der Waals surface area contributed by atoms with Crippen molar-refractivity contribution in [2.45, 2.75) is 0 Å². The number of hydrogen-bond donors (Lipinski definition) is 4. The number of rotatable bonds is 0. The van der Waals surface area contributed by atoms with Gasteiger partial charge in [0.05, 0.1) is 0 Å². The van der Waals surface area contributed by atoms with Crippen LogP contribution in [0.5, 0.6) is 0 Å². The second kappa shape index (κ2) is 32.1. The first-order valence-corrected chi connectivity index (χ1v) is 3.57. The molecule has 76 valence electrons. The van der Waals surface area contributed by atoms with Gasteiger partial charge in [0.25, 0.3) is 0 Å². The minimum Gasteiger partial charge on any atom is -0.450 e. The summed E-state index contributed by atoms with van der Waals surface area (Å²) in [7, 11) is 0. The number of hydrogen-bond acceptors (Lipinski definition) is 2. The molecule has 0 saturated heterocycles. The maximum Gasteiger partial charge on any atom is 0.503 e. The highest BCUT2D eigenvalue weighted by Gasteiger charge is 1.70. The van der Waals surface area contributed by atoms with Crippen molar-refractivity contribution in [2.75, 3.05) is 12.8 Å². The molecule has 0 unspecified atom stereocenters. The Morgan fingerprint density at radius 2 is 0.750 bits per heavy atom. The van der Waals surface area contributed by atoms with Gasteiger partial charge < -0.3 is 20.4 Å². The Hall–Kier alpha value is -0.880. The molecule has 6 nitrogen and oxygen atoms in total. The van der Waals surface area contributed by atoms with E-state index < -0.39 is 12.3 Å². The normalized spacial score (nSPS) is 5.00. The summed E-state index contributed by atoms with van der Waals surface area (Å²) in [6, 6.07) is 0. The molecule has 0 saturated carbocycles. The first-order chi connectivity index (χ1) is 5.46. The van der Waals surface area contributed by atoms with Crippen LogP contribution in [0.1, 0.15) is 0 Å². The van der Waals surface area contributed by atoms with Crippen LogP contribution in [-0.4, -0.2) is 45.5 Å². The Labute approximate surface area is 79.0 Å². The predicted molar refractivity (Wildman–Crippen MR) is 44.9 cm³/mol. The van der Waals surface area contributed by atoms with E-state index in [1.54, 1.807) is 0 Å². The van der Waals surface area contributed by atoms with Gasteiger partial charge in [0.2, 0.25) is 0 Å². The molecular formula is C4H10Cl2O6. The van der Waals surface area contributed by atoms with E-state index in [1.165, 1.54) is 12.8 Å². The second-order valence-corrected chi connectivity index (χ2v) is 0.565. The third-order valence-corrected chi connectivity index (χ3v) is 0. The van der Waals surface area contributed by atoms with Crippen molar-refractivity contribution in [2.24, 2.45) is 0 Å². The maximum atomic E-state index is 8.56. The van der Waals surface area contributed by atoms with Crippen molar-refractivity contribution in [3.63, 3.8) is 0 Å². The standard InChI is InChI=1S/2CH3Cl.2CH2O3/c2*1-2;2*2-1(3)4/h2*1H3;2*(H2,2,3,4). The Morgan fingerprint density at radius 1 is 0.750 bits per heavy atom. The fourth-order valence-corrected chi connectivity index (χ4v) is 0. The Bertz CT molecular complexity index is 75.5. The Kier molecular flexibility index (Phi) is 60.1. The summed E-state index contributed by atoms with van der Waals surface area (Å²) in [4.78, 5) is 17.1. The Balaban J connectivity index is -0.0000000380. The molecule has 0 rings (SSSR count). The highest BCUT2D eigenvalue weighted by atomic mass is 35.5. The van der Waals surface area contributed by atoms with E-state index in [2.05, 4.69) is 23.2 Å². The molecule has 0 amide bonds. The summed E-state index contributed by atoms with van der Waals surface area (Å²) in [6.45, 7) is 0. The molecule has 0 aliphatic carbocycles. The third-order valence-electron chi connectivity index (χ3n) is 0. The maximum absolute atomic E-state index is 8.56. The minimum absolute atomic E-state index is 1.47. The number of halogens is 2. The third kappa shape index (κ3) is 777. The number of alkyl halides is 2. The average molecular weight is 225 g/mol. The van der Waals surface area contributed by atoms with Crippen LogP contribution in [0.3, 0.4) is 0 Å². The van der Waals surface area contributed by atoms with Crippen molar-refractivity contribution in [1.82, 2.24) is 0 Å². The minimum atomic E-state index is -1.83. The molecule has 8 heteroatoms. The second-order valence-electron chi connectivity index (χ2n) is 0.565. The molecule has 0 bridgehead atoms. The van der Waals surface area contributed by atoms with Crippen LogP contribution in [-0.2, 0) is 0 Å². The van der Waals surface area contributed by atoms with Gasteiger partial charge in [0.15, 0.2) is 0 Å². The first-order valence-electron chi connectivity index (χ1n) is 2.06. The van der Waals surface area contributed by atoms with Crippen LogP contribution in [0.4, 0.5) is 9.59 Å². The van der Waals surface area contributed by atoms with Crippen molar-refractivity contribution < 1.29 is 30.0 Å². The van der Waals surface area contributed by atoms with E-state index >= 15 is 0 Å². The van der Waals surface area contributed by atoms with Crippen molar-refractivity contribution >= 4 is 35.5 Å². The summed E-state index contributed by atoms with van der Waals surface area (Å²) < 4.78 is 0. The largest absolute Gasteiger partial charge is 0.503 e. The zero-order valence-electron chi connectivity index (χ0n) is 6.36. The molecule has 0 heterocycles. The van der Waals surface area contributed by atoms with E-state index in [1.807, 2.05) is 0 Å². The van der Waals surface area contributed by atoms with Gasteiger partial charge in [0, 0.05) is 12.8 Å². The van der Waals surface area contributed by atoms with Gasteiger partial charge in [-0.25, -0.2) is 9.59 Å². The van der Waals surface area contributed by atoms with Crippen LogP contribution in [0.15, 0.2) is 0 Å². The molecule has 12 heavy (non-hydrogen) atoms. The van der Waals surface area contributed by atoms with Gasteiger partial charge in [-0.05, 0) is 0 Å². The molecule has 4 N–H and O–H groups in total. The highest BCUT2D eigenvalue weighted by molar-refractivity contribution is 6.15. The van der Waals surface area contributed by atoms with Crippen LogP contribution < -0.4 is 0 Å². The molecule has 0 atom stereocenters. The molecule has 0 fully saturated rings. The summed E-state index contributed by atoms with van der Waals surface area (Å²) in [5.74, 6) is 0. The SMILES string of the molecule is CCl.CCl.O=C(O)O.O=C(O)O. The van der Waals surface area contributed by atoms with Gasteiger partial charge in [-0.1, -0.05) is 0 Å². The fraction of sp³-hybridized carbons (Fsp3) is 0.500. The van der Waals surface area contributed by atoms with E-state index in [0.29, 0.717) is 0 Å². The monoisotopic (exact) mass is 224 g/mol. The lowest BCUT2D eigenvalue weighted by Gasteiger charge is -1.60. The summed E-state index contributed by atoms with van der Waals surface area (Å²) in [6.07, 6.45) is -0.722. The molecule has 0 aromatic carbocycles. The smallest absolute Gasteiger partial charge is 0.450 e. The summed E-state index contributed by atoms with van der Waals surface area (Å²) in [5, 5.41) is 27.9. The van der Waals surface area contributed by atoms with Crippen molar-refractivity contribution in [3.8, 4) is 0 Å². The van der Waals surface area contributed by atoms with E-state index in [-0.39, 0.29) is 0 Å². The lowest BCUT2D eigenvalue weighted by atomic mass is 11.5. The van der Waals surface area contributed by atoms with Crippen molar-refractivity contribution in [3.05, 3.63) is 0 Å². The van der Waals surface area contributed by atoms with Gasteiger partial charge in [-0.3, -0.25) is 0 Å². The summed E-state index contributed by atoms with van der Waals surface area (Å²) in [5.41, 5.74) is 0. The first kappa shape index (κ1) is 22.5. The van der Waals surface area contributed by atoms with E-state index in [0.717, 1.165) is 0 Å². The molecular weight excluding hydrogens is 215 g/mol. The van der Waals surface area contributed by atoms with E-state index in [4.69, 9.17) is 30.0 Å². The van der Waals surface area contributed by atoms with Crippen LogP contribution in [0.2, 0.25) is 0 Å². The average Bonchev–Trinajstić information content (AvgIpc) is 1.93. The van der Waals surface area contributed by atoms with E-state index in [9.17, 15) is 0 Å². The quantitative estimate of drug-likeness (QED) is 0.469. The van der Waals surface area contributed by atoms with Crippen LogP contribution in [0, 0.1) is 0 Å². The van der Waals surface area contributed by atoms with Gasteiger partial charge in [0.1, 0.15) is 0 Å².